The molecule has 1 N–H and O–H groups in total. The number of hydrogen-bond donors (Lipinski definition) is 1. The van der Waals surface area contributed by atoms with Crippen LogP contribution in [0, 0.1) is 10.1 Å². The van der Waals surface area contributed by atoms with Crippen LogP contribution in [0.25, 0.3) is 0 Å². The van der Waals surface area contributed by atoms with Crippen molar-refractivity contribution >= 4 is 22.7 Å². The molecule has 2 aromatic carbocycles. The fourth-order valence-corrected chi connectivity index (χ4v) is 4.31. The smallest absolute Gasteiger partial charge is 0.269 e. The van der Waals surface area contributed by atoms with Crippen molar-refractivity contribution in [1.29, 1.82) is 0 Å². The lowest BCUT2D eigenvalue weighted by atomic mass is 10.0. The number of benzene rings is 2. The van der Waals surface area contributed by atoms with Crippen LogP contribution in [-0.2, 0) is 0 Å². The molecule has 0 unspecified atom stereocenters. The Morgan fingerprint density at radius 2 is 1.00 bits per heavy atom. The summed E-state index contributed by atoms with van der Waals surface area (Å²) in [5.41, 5.74) is 2.48. The average Bonchev–Trinajstić information content (AvgIpc) is 2.90. The van der Waals surface area contributed by atoms with Crippen molar-refractivity contribution in [2.24, 2.45) is 10.2 Å². The number of anilines is 1. The van der Waals surface area contributed by atoms with Gasteiger partial charge in [0.2, 0.25) is 0 Å². The molecule has 0 bridgehead atoms. The molecular weight excluding hydrogens is 448 g/mol. The highest BCUT2D eigenvalue weighted by molar-refractivity contribution is 5.51. The largest absolute Gasteiger partial charge is 0.385 e. The highest BCUT2D eigenvalue weighted by atomic mass is 16.6. The van der Waals surface area contributed by atoms with E-state index in [1.165, 1.54) is 115 Å². The van der Waals surface area contributed by atoms with Gasteiger partial charge in [0.1, 0.15) is 0 Å². The Bertz CT molecular complexity index is 850. The van der Waals surface area contributed by atoms with Crippen LogP contribution < -0.4 is 5.32 Å². The molecule has 0 spiro atoms. The van der Waals surface area contributed by atoms with E-state index in [0.717, 1.165) is 17.9 Å². The first-order valence-corrected chi connectivity index (χ1v) is 14.2. The SMILES string of the molecule is CCCCCCCCCCCCCCCCCCNc1ccc(N=Nc2ccc([N+](=O)[O-])cc2)cc1. The summed E-state index contributed by atoms with van der Waals surface area (Å²) in [5.74, 6) is 0. The zero-order valence-corrected chi connectivity index (χ0v) is 22.3. The molecule has 0 aromatic heterocycles. The second kappa shape index (κ2) is 19.4. The monoisotopic (exact) mass is 494 g/mol. The van der Waals surface area contributed by atoms with Crippen LogP contribution in [0.1, 0.15) is 110 Å². The van der Waals surface area contributed by atoms with Crippen LogP contribution in [0.2, 0.25) is 0 Å². The third-order valence-electron chi connectivity index (χ3n) is 6.57. The Kier molecular flexibility index (Phi) is 15.9. The Morgan fingerprint density at radius 1 is 0.611 bits per heavy atom. The minimum atomic E-state index is -0.424. The summed E-state index contributed by atoms with van der Waals surface area (Å²) in [5, 5.41) is 22.5. The molecule has 2 aromatic rings. The van der Waals surface area contributed by atoms with E-state index >= 15 is 0 Å². The third kappa shape index (κ3) is 14.0. The first kappa shape index (κ1) is 29.5. The zero-order chi connectivity index (χ0) is 25.7. The minimum Gasteiger partial charge on any atom is -0.385 e. The Labute approximate surface area is 218 Å². The van der Waals surface area contributed by atoms with E-state index in [1.54, 1.807) is 12.1 Å². The van der Waals surface area contributed by atoms with Crippen LogP contribution in [0.3, 0.4) is 0 Å². The number of rotatable bonds is 21. The molecule has 0 saturated heterocycles. The van der Waals surface area contributed by atoms with Crippen LogP contribution in [0.5, 0.6) is 0 Å². The third-order valence-corrected chi connectivity index (χ3v) is 6.57. The van der Waals surface area contributed by atoms with Gasteiger partial charge in [0.05, 0.1) is 16.3 Å². The van der Waals surface area contributed by atoms with E-state index in [1.807, 2.05) is 24.3 Å². The molecule has 6 heteroatoms. The van der Waals surface area contributed by atoms with Crippen LogP contribution >= 0.6 is 0 Å². The summed E-state index contributed by atoms with van der Waals surface area (Å²) in [4.78, 5) is 10.3. The summed E-state index contributed by atoms with van der Waals surface area (Å²) < 4.78 is 0. The number of non-ortho nitro benzene ring substituents is 1. The van der Waals surface area contributed by atoms with Gasteiger partial charge < -0.3 is 5.32 Å². The molecule has 0 aliphatic rings. The lowest BCUT2D eigenvalue weighted by Gasteiger charge is -2.07. The number of hydrogen-bond acceptors (Lipinski definition) is 5. The number of unbranched alkanes of at least 4 members (excludes halogenated alkanes) is 15. The molecule has 0 heterocycles. The molecule has 198 valence electrons. The van der Waals surface area contributed by atoms with Crippen molar-refractivity contribution in [2.75, 3.05) is 11.9 Å². The predicted octanol–water partition coefficient (Wildman–Crippen LogP) is 10.7. The Balaban J connectivity index is 1.42. The van der Waals surface area contributed by atoms with Crippen molar-refractivity contribution in [3.8, 4) is 0 Å². The molecule has 0 fully saturated rings. The van der Waals surface area contributed by atoms with E-state index < -0.39 is 4.92 Å². The van der Waals surface area contributed by atoms with Gasteiger partial charge >= 0.3 is 0 Å². The van der Waals surface area contributed by atoms with Crippen LogP contribution in [-0.4, -0.2) is 11.5 Å². The molecule has 0 aliphatic carbocycles. The van der Waals surface area contributed by atoms with Gasteiger partial charge in [-0.05, 0) is 42.8 Å². The average molecular weight is 495 g/mol. The van der Waals surface area contributed by atoms with Gasteiger partial charge in [0.25, 0.3) is 5.69 Å². The molecule has 0 saturated carbocycles. The summed E-state index contributed by atoms with van der Waals surface area (Å²) >= 11 is 0. The summed E-state index contributed by atoms with van der Waals surface area (Å²) in [6.45, 7) is 3.27. The van der Waals surface area contributed by atoms with E-state index in [0.29, 0.717) is 5.69 Å². The van der Waals surface area contributed by atoms with E-state index in [2.05, 4.69) is 22.5 Å². The number of nitrogens with zero attached hydrogens (tertiary/aromatic N) is 3. The summed E-state index contributed by atoms with van der Waals surface area (Å²) in [7, 11) is 0. The molecule has 6 nitrogen and oxygen atoms in total. The first-order valence-electron chi connectivity index (χ1n) is 14.2. The second-order valence-corrected chi connectivity index (χ2v) is 9.75. The highest BCUT2D eigenvalue weighted by Crippen LogP contribution is 2.22. The Hall–Kier alpha value is -2.76. The molecule has 0 aliphatic heterocycles. The molecule has 0 radical (unpaired) electrons. The van der Waals surface area contributed by atoms with Gasteiger partial charge in [0.15, 0.2) is 0 Å². The van der Waals surface area contributed by atoms with Crippen molar-refractivity contribution in [3.63, 3.8) is 0 Å². The maximum Gasteiger partial charge on any atom is 0.269 e. The molecule has 0 atom stereocenters. The molecular formula is C30H46N4O2. The predicted molar refractivity (Wildman–Crippen MR) is 152 cm³/mol. The normalized spacial score (nSPS) is 11.2. The summed E-state index contributed by atoms with van der Waals surface area (Å²) in [6.07, 6.45) is 22.2. The lowest BCUT2D eigenvalue weighted by molar-refractivity contribution is -0.384. The van der Waals surface area contributed by atoms with Gasteiger partial charge in [-0.1, -0.05) is 103 Å². The fraction of sp³-hybridized carbons (Fsp3) is 0.600. The minimum absolute atomic E-state index is 0.0497. The zero-order valence-electron chi connectivity index (χ0n) is 22.3. The van der Waals surface area contributed by atoms with E-state index in [-0.39, 0.29) is 5.69 Å². The lowest BCUT2D eigenvalue weighted by Crippen LogP contribution is -2.00. The van der Waals surface area contributed by atoms with Gasteiger partial charge in [-0.15, -0.1) is 0 Å². The van der Waals surface area contributed by atoms with Crippen molar-refractivity contribution in [2.45, 2.75) is 110 Å². The summed E-state index contributed by atoms with van der Waals surface area (Å²) in [6, 6.07) is 13.9. The number of nitro groups is 1. The van der Waals surface area contributed by atoms with Crippen molar-refractivity contribution in [3.05, 3.63) is 58.6 Å². The Morgan fingerprint density at radius 3 is 1.42 bits per heavy atom. The van der Waals surface area contributed by atoms with E-state index in [9.17, 15) is 10.1 Å². The highest BCUT2D eigenvalue weighted by Gasteiger charge is 2.03. The maximum atomic E-state index is 10.7. The number of nitro benzene ring substituents is 1. The number of azo groups is 1. The number of nitrogens with one attached hydrogen (secondary N) is 1. The maximum absolute atomic E-state index is 10.7. The standard InChI is InChI=1S/C30H46N4O2/c1-2-3-4-5-6-7-8-9-10-11-12-13-14-15-16-17-26-31-27-18-20-28(21-19-27)32-33-29-22-24-30(25-23-29)34(35)36/h18-25,31H,2-17,26H2,1H3. The second-order valence-electron chi connectivity index (χ2n) is 9.75. The fourth-order valence-electron chi connectivity index (χ4n) is 4.31. The quantitative estimate of drug-likeness (QED) is 0.0811. The van der Waals surface area contributed by atoms with Crippen LogP contribution in [0.4, 0.5) is 22.7 Å². The molecule has 36 heavy (non-hydrogen) atoms. The van der Waals surface area contributed by atoms with Gasteiger partial charge in [-0.3, -0.25) is 10.1 Å². The van der Waals surface area contributed by atoms with Gasteiger partial charge in [0, 0.05) is 24.4 Å². The van der Waals surface area contributed by atoms with Crippen molar-refractivity contribution < 1.29 is 4.92 Å². The van der Waals surface area contributed by atoms with E-state index in [4.69, 9.17) is 0 Å². The van der Waals surface area contributed by atoms with Crippen molar-refractivity contribution in [1.82, 2.24) is 0 Å². The van der Waals surface area contributed by atoms with Gasteiger partial charge in [-0.25, -0.2) is 0 Å². The molecule has 2 rings (SSSR count). The topological polar surface area (TPSA) is 79.9 Å². The van der Waals surface area contributed by atoms with Crippen LogP contribution in [0.15, 0.2) is 58.8 Å². The van der Waals surface area contributed by atoms with Gasteiger partial charge in [-0.2, -0.15) is 10.2 Å². The molecule has 0 amide bonds. The first-order chi connectivity index (χ1) is 17.7.